The van der Waals surface area contributed by atoms with E-state index in [0.717, 1.165) is 40.6 Å². The van der Waals surface area contributed by atoms with Crippen molar-refractivity contribution in [1.82, 2.24) is 0 Å². The van der Waals surface area contributed by atoms with E-state index in [9.17, 15) is 0 Å². The second-order valence-electron chi connectivity index (χ2n) is 10.1. The number of hydrogen-bond donors (Lipinski definition) is 0. The molecule has 3 nitrogen and oxygen atoms in total. The number of hydrogen-bond acceptors (Lipinski definition) is 3. The molecule has 2 bridgehead atoms. The molecular formula is C29H31NO2. The predicted octanol–water partition coefficient (Wildman–Crippen LogP) is 7.33. The first-order chi connectivity index (χ1) is 15.7. The van der Waals surface area contributed by atoms with Crippen LogP contribution in [0.5, 0.6) is 5.75 Å². The SMILES string of the molecule is CC1CC2CC3(C1)CC3C2OCOc1ccc(N(c2ccccc2)c2ccccc2)cc1. The van der Waals surface area contributed by atoms with Crippen molar-refractivity contribution < 1.29 is 9.47 Å². The summed E-state index contributed by atoms with van der Waals surface area (Å²) in [7, 11) is 0. The highest BCUT2D eigenvalue weighted by molar-refractivity contribution is 5.76. The van der Waals surface area contributed by atoms with Crippen LogP contribution in [0.3, 0.4) is 0 Å². The van der Waals surface area contributed by atoms with Gasteiger partial charge in [-0.2, -0.15) is 0 Å². The molecule has 0 saturated heterocycles. The van der Waals surface area contributed by atoms with Crippen molar-refractivity contribution in [2.24, 2.45) is 23.2 Å². The average Bonchev–Trinajstić information content (AvgIpc) is 3.44. The highest BCUT2D eigenvalue weighted by Gasteiger charge is 2.67. The van der Waals surface area contributed by atoms with Crippen LogP contribution in [-0.2, 0) is 4.74 Å². The predicted molar refractivity (Wildman–Crippen MR) is 129 cm³/mol. The first-order valence-corrected chi connectivity index (χ1v) is 12.0. The second kappa shape index (κ2) is 7.97. The van der Waals surface area contributed by atoms with E-state index in [1.165, 1.54) is 25.7 Å². The monoisotopic (exact) mass is 425 g/mol. The summed E-state index contributed by atoms with van der Waals surface area (Å²) in [6.07, 6.45) is 5.91. The Hall–Kier alpha value is -2.78. The second-order valence-corrected chi connectivity index (χ2v) is 10.1. The minimum absolute atomic E-state index is 0.350. The van der Waals surface area contributed by atoms with Gasteiger partial charge in [0.1, 0.15) is 5.75 Å². The third kappa shape index (κ3) is 3.59. The van der Waals surface area contributed by atoms with Crippen molar-refractivity contribution in [1.29, 1.82) is 0 Å². The van der Waals surface area contributed by atoms with Gasteiger partial charge in [-0.15, -0.1) is 0 Å². The molecule has 3 aromatic rings. The van der Waals surface area contributed by atoms with Crippen LogP contribution in [0.15, 0.2) is 84.9 Å². The van der Waals surface area contributed by atoms with Crippen LogP contribution in [0.1, 0.15) is 32.6 Å². The summed E-state index contributed by atoms with van der Waals surface area (Å²) in [6.45, 7) is 2.76. The van der Waals surface area contributed by atoms with Gasteiger partial charge in [-0.3, -0.25) is 0 Å². The molecule has 3 heteroatoms. The van der Waals surface area contributed by atoms with E-state index >= 15 is 0 Å². The first-order valence-electron chi connectivity index (χ1n) is 12.0. The fourth-order valence-corrected chi connectivity index (χ4v) is 6.60. The summed E-state index contributed by atoms with van der Waals surface area (Å²) in [5.74, 6) is 3.25. The summed E-state index contributed by atoms with van der Waals surface area (Å²) >= 11 is 0. The van der Waals surface area contributed by atoms with Crippen molar-refractivity contribution in [2.45, 2.75) is 38.7 Å². The zero-order valence-corrected chi connectivity index (χ0v) is 18.7. The quantitative estimate of drug-likeness (QED) is 0.370. The van der Waals surface area contributed by atoms with Crippen molar-refractivity contribution in [3.05, 3.63) is 84.9 Å². The normalized spacial score (nSPS) is 29.9. The lowest BCUT2D eigenvalue weighted by molar-refractivity contribution is -0.0646. The smallest absolute Gasteiger partial charge is 0.189 e. The van der Waals surface area contributed by atoms with Crippen LogP contribution >= 0.6 is 0 Å². The van der Waals surface area contributed by atoms with E-state index in [1.54, 1.807) is 0 Å². The molecule has 5 unspecified atom stereocenters. The Labute approximate surface area is 191 Å². The molecule has 0 radical (unpaired) electrons. The minimum atomic E-state index is 0.350. The van der Waals surface area contributed by atoms with Crippen LogP contribution in [0.4, 0.5) is 17.1 Å². The zero-order chi connectivity index (χ0) is 21.5. The highest BCUT2D eigenvalue weighted by Crippen LogP contribution is 2.72. The summed E-state index contributed by atoms with van der Waals surface area (Å²) in [5.41, 5.74) is 4.01. The van der Waals surface area contributed by atoms with Crippen molar-refractivity contribution in [2.75, 3.05) is 11.7 Å². The highest BCUT2D eigenvalue weighted by atomic mass is 16.7. The number of benzene rings is 3. The largest absolute Gasteiger partial charge is 0.468 e. The fourth-order valence-electron chi connectivity index (χ4n) is 6.60. The molecule has 5 atom stereocenters. The molecular weight excluding hydrogens is 394 g/mol. The molecule has 3 fully saturated rings. The summed E-state index contributed by atoms with van der Waals surface area (Å²) in [6, 6.07) is 29.3. The van der Waals surface area contributed by atoms with Gasteiger partial charge in [0.05, 0.1) is 6.10 Å². The maximum atomic E-state index is 6.30. The lowest BCUT2D eigenvalue weighted by Gasteiger charge is -2.30. The topological polar surface area (TPSA) is 21.7 Å². The number of para-hydroxylation sites is 2. The van der Waals surface area contributed by atoms with E-state index in [1.807, 2.05) is 24.3 Å². The number of nitrogens with zero attached hydrogens (tertiary/aromatic N) is 1. The molecule has 0 amide bonds. The lowest BCUT2D eigenvalue weighted by atomic mass is 9.77. The van der Waals surface area contributed by atoms with Gasteiger partial charge in [-0.25, -0.2) is 0 Å². The van der Waals surface area contributed by atoms with Crippen molar-refractivity contribution in [3.63, 3.8) is 0 Å². The molecule has 1 spiro atoms. The van der Waals surface area contributed by atoms with Crippen molar-refractivity contribution in [3.8, 4) is 5.75 Å². The molecule has 3 aliphatic carbocycles. The van der Waals surface area contributed by atoms with Gasteiger partial charge >= 0.3 is 0 Å². The summed E-state index contributed by atoms with van der Waals surface area (Å²) in [4.78, 5) is 2.26. The van der Waals surface area contributed by atoms with Crippen LogP contribution in [0, 0.1) is 23.2 Å². The van der Waals surface area contributed by atoms with Gasteiger partial charge in [0, 0.05) is 17.1 Å². The molecule has 0 heterocycles. The van der Waals surface area contributed by atoms with E-state index in [4.69, 9.17) is 9.47 Å². The van der Waals surface area contributed by atoms with Crippen LogP contribution < -0.4 is 9.64 Å². The van der Waals surface area contributed by atoms with Crippen LogP contribution in [0.25, 0.3) is 0 Å². The maximum absolute atomic E-state index is 6.30. The van der Waals surface area contributed by atoms with Gasteiger partial charge in [0.2, 0.25) is 0 Å². The molecule has 3 aliphatic rings. The van der Waals surface area contributed by atoms with Crippen LogP contribution in [0.2, 0.25) is 0 Å². The Bertz CT molecular complexity index is 1010. The lowest BCUT2D eigenvalue weighted by Crippen LogP contribution is -2.27. The van der Waals surface area contributed by atoms with Crippen LogP contribution in [-0.4, -0.2) is 12.9 Å². The molecule has 0 N–H and O–H groups in total. The van der Waals surface area contributed by atoms with Gasteiger partial charge in [-0.05, 0) is 97.4 Å². The standard InChI is InChI=1S/C29H31NO2/c1-21-16-22-18-29(17-21)19-27(29)28(22)32-20-31-26-14-12-25(13-15-26)30(23-8-4-2-5-9-23)24-10-6-3-7-11-24/h2-15,21-22,27-28H,16-20H2,1H3. The molecule has 0 aliphatic heterocycles. The Morgan fingerprint density at radius 3 is 2.06 bits per heavy atom. The van der Waals surface area contributed by atoms with Gasteiger partial charge in [0.25, 0.3) is 0 Å². The van der Waals surface area contributed by atoms with Gasteiger partial charge in [0.15, 0.2) is 6.79 Å². The van der Waals surface area contributed by atoms with E-state index in [0.29, 0.717) is 18.3 Å². The number of ether oxygens (including phenoxy) is 2. The number of rotatable bonds is 7. The summed E-state index contributed by atoms with van der Waals surface area (Å²) < 4.78 is 12.3. The van der Waals surface area contributed by atoms with Crippen molar-refractivity contribution >= 4 is 17.1 Å². The zero-order valence-electron chi connectivity index (χ0n) is 18.7. The maximum Gasteiger partial charge on any atom is 0.189 e. The molecule has 3 aromatic carbocycles. The number of anilines is 3. The summed E-state index contributed by atoms with van der Waals surface area (Å²) in [5, 5.41) is 0. The molecule has 164 valence electrons. The Morgan fingerprint density at radius 2 is 1.41 bits per heavy atom. The van der Waals surface area contributed by atoms with E-state index in [2.05, 4.69) is 72.5 Å². The molecule has 0 aromatic heterocycles. The van der Waals surface area contributed by atoms with E-state index < -0.39 is 0 Å². The average molecular weight is 426 g/mol. The molecule has 3 saturated carbocycles. The molecule has 6 rings (SSSR count). The Kier molecular flexibility index (Phi) is 4.95. The molecule has 32 heavy (non-hydrogen) atoms. The Balaban J connectivity index is 1.13. The third-order valence-corrected chi connectivity index (χ3v) is 7.85. The Morgan fingerprint density at radius 1 is 0.781 bits per heavy atom. The fraction of sp³-hybridized carbons (Fsp3) is 0.379. The minimum Gasteiger partial charge on any atom is -0.468 e. The van der Waals surface area contributed by atoms with Gasteiger partial charge < -0.3 is 14.4 Å². The van der Waals surface area contributed by atoms with E-state index in [-0.39, 0.29) is 0 Å². The third-order valence-electron chi connectivity index (χ3n) is 7.85. The first kappa shape index (κ1) is 19.9. The number of fused-ring (bicyclic) bond motifs is 1. The van der Waals surface area contributed by atoms with Gasteiger partial charge in [-0.1, -0.05) is 43.3 Å².